The first-order valence-electron chi connectivity index (χ1n) is 9.23. The van der Waals surface area contributed by atoms with E-state index in [0.717, 1.165) is 36.7 Å². The first kappa shape index (κ1) is 23.0. The number of hydrogen-bond acceptors (Lipinski definition) is 4. The third kappa shape index (κ3) is 7.54. The smallest absolute Gasteiger partial charge is 0.291 e. The number of thiophene rings is 1. The summed E-state index contributed by atoms with van der Waals surface area (Å²) in [5.74, 6) is 0.826. The minimum absolute atomic E-state index is 0. The van der Waals surface area contributed by atoms with Crippen molar-refractivity contribution < 1.29 is 9.21 Å². The van der Waals surface area contributed by atoms with E-state index in [9.17, 15) is 4.79 Å². The average molecular weight is 524 g/mol. The van der Waals surface area contributed by atoms with Crippen LogP contribution in [0.4, 0.5) is 5.69 Å². The molecule has 8 heteroatoms. The van der Waals surface area contributed by atoms with Crippen molar-refractivity contribution in [1.82, 2.24) is 10.6 Å². The van der Waals surface area contributed by atoms with Gasteiger partial charge in [0.1, 0.15) is 0 Å². The highest BCUT2D eigenvalue weighted by atomic mass is 127. The summed E-state index contributed by atoms with van der Waals surface area (Å²) in [6.45, 7) is 4.25. The number of carbonyl (C=O) groups is 1. The van der Waals surface area contributed by atoms with Gasteiger partial charge in [0, 0.05) is 23.7 Å². The van der Waals surface area contributed by atoms with Crippen molar-refractivity contribution in [2.75, 3.05) is 18.4 Å². The van der Waals surface area contributed by atoms with Crippen LogP contribution in [0.2, 0.25) is 0 Å². The van der Waals surface area contributed by atoms with E-state index in [4.69, 9.17) is 4.42 Å². The van der Waals surface area contributed by atoms with Gasteiger partial charge in [0.15, 0.2) is 11.7 Å². The number of halogens is 1. The molecular formula is C21H25IN4O2S. The van der Waals surface area contributed by atoms with Gasteiger partial charge in [0.25, 0.3) is 5.91 Å². The number of furan rings is 1. The van der Waals surface area contributed by atoms with Crippen LogP contribution < -0.4 is 16.0 Å². The third-order valence-electron chi connectivity index (χ3n) is 3.96. The van der Waals surface area contributed by atoms with Gasteiger partial charge < -0.3 is 20.4 Å². The molecule has 0 aliphatic heterocycles. The summed E-state index contributed by atoms with van der Waals surface area (Å²) in [4.78, 5) is 18.0. The van der Waals surface area contributed by atoms with E-state index in [0.29, 0.717) is 6.54 Å². The number of benzene rings is 1. The topological polar surface area (TPSA) is 78.7 Å². The van der Waals surface area contributed by atoms with Gasteiger partial charge >= 0.3 is 0 Å². The number of rotatable bonds is 8. The molecule has 0 saturated heterocycles. The molecule has 0 atom stereocenters. The van der Waals surface area contributed by atoms with E-state index in [1.54, 1.807) is 23.5 Å². The molecule has 154 valence electrons. The Kier molecular flexibility index (Phi) is 9.72. The predicted octanol–water partition coefficient (Wildman–Crippen LogP) is 4.51. The highest BCUT2D eigenvalue weighted by Gasteiger charge is 2.08. The summed E-state index contributed by atoms with van der Waals surface area (Å²) in [5.41, 5.74) is 1.78. The molecule has 29 heavy (non-hydrogen) atoms. The molecule has 1 aromatic carbocycles. The highest BCUT2D eigenvalue weighted by molar-refractivity contribution is 14.0. The molecule has 0 bridgehead atoms. The lowest BCUT2D eigenvalue weighted by molar-refractivity contribution is 0.0996. The maximum absolute atomic E-state index is 12.0. The Bertz CT molecular complexity index is 878. The standard InChI is InChI=1S/C21H24N4O2S.HI/c1-2-22-21(23-12-11-18-5-4-14-28-18)24-15-16-7-9-17(10-8-16)25-20(26)19-6-3-13-27-19;/h3-10,13-14H,2,11-12,15H2,1H3,(H,25,26)(H2,22,23,24);1H. The number of hydrogen-bond donors (Lipinski definition) is 3. The Morgan fingerprint density at radius 3 is 2.59 bits per heavy atom. The van der Waals surface area contributed by atoms with Crippen LogP contribution in [-0.2, 0) is 13.0 Å². The number of carbonyl (C=O) groups excluding carboxylic acids is 1. The third-order valence-corrected chi connectivity index (χ3v) is 4.90. The minimum Gasteiger partial charge on any atom is -0.459 e. The second-order valence-electron chi connectivity index (χ2n) is 6.08. The number of nitrogens with zero attached hydrogens (tertiary/aromatic N) is 1. The molecule has 2 heterocycles. The molecule has 1 amide bonds. The lowest BCUT2D eigenvalue weighted by Crippen LogP contribution is -2.38. The van der Waals surface area contributed by atoms with Gasteiger partial charge in [-0.1, -0.05) is 18.2 Å². The summed E-state index contributed by atoms with van der Waals surface area (Å²) in [7, 11) is 0. The molecule has 0 radical (unpaired) electrons. The van der Waals surface area contributed by atoms with Crippen molar-refractivity contribution >= 4 is 52.9 Å². The van der Waals surface area contributed by atoms with Crippen LogP contribution in [0.1, 0.15) is 27.9 Å². The van der Waals surface area contributed by atoms with E-state index in [2.05, 4.69) is 38.5 Å². The van der Waals surface area contributed by atoms with Gasteiger partial charge in [0.05, 0.1) is 12.8 Å². The summed E-state index contributed by atoms with van der Waals surface area (Å²) >= 11 is 1.77. The maximum atomic E-state index is 12.0. The molecule has 0 aliphatic carbocycles. The van der Waals surface area contributed by atoms with Gasteiger partial charge in [-0.25, -0.2) is 4.99 Å². The molecule has 0 saturated carbocycles. The molecule has 3 aromatic rings. The first-order valence-corrected chi connectivity index (χ1v) is 10.1. The zero-order valence-electron chi connectivity index (χ0n) is 16.2. The average Bonchev–Trinajstić information content (AvgIpc) is 3.41. The van der Waals surface area contributed by atoms with Crippen LogP contribution in [0.5, 0.6) is 0 Å². The van der Waals surface area contributed by atoms with Gasteiger partial charge in [-0.15, -0.1) is 35.3 Å². The monoisotopic (exact) mass is 524 g/mol. The molecule has 2 aromatic heterocycles. The first-order chi connectivity index (χ1) is 13.7. The Hall–Kier alpha value is -2.33. The van der Waals surface area contributed by atoms with Gasteiger partial charge in [-0.3, -0.25) is 4.79 Å². The highest BCUT2D eigenvalue weighted by Crippen LogP contribution is 2.12. The van der Waals surface area contributed by atoms with Crippen LogP contribution in [0.3, 0.4) is 0 Å². The molecule has 0 aliphatic rings. The second kappa shape index (κ2) is 12.3. The van der Waals surface area contributed by atoms with Crippen molar-refractivity contribution in [1.29, 1.82) is 0 Å². The number of amides is 1. The molecule has 0 fully saturated rings. The van der Waals surface area contributed by atoms with Crippen molar-refractivity contribution in [3.05, 3.63) is 76.4 Å². The Labute approximate surface area is 191 Å². The van der Waals surface area contributed by atoms with Crippen molar-refractivity contribution in [2.24, 2.45) is 4.99 Å². The maximum Gasteiger partial charge on any atom is 0.291 e. The second-order valence-corrected chi connectivity index (χ2v) is 7.11. The van der Waals surface area contributed by atoms with Gasteiger partial charge in [-0.05, 0) is 54.6 Å². The van der Waals surface area contributed by atoms with E-state index >= 15 is 0 Å². The molecule has 0 spiro atoms. The minimum atomic E-state index is -0.264. The molecule has 3 N–H and O–H groups in total. The van der Waals surface area contributed by atoms with Crippen molar-refractivity contribution in [3.8, 4) is 0 Å². The van der Waals surface area contributed by atoms with Crippen molar-refractivity contribution in [3.63, 3.8) is 0 Å². The fraction of sp³-hybridized carbons (Fsp3) is 0.238. The SMILES string of the molecule is CCNC(=NCc1ccc(NC(=O)c2ccco2)cc1)NCCc1cccs1.I. The fourth-order valence-electron chi connectivity index (χ4n) is 2.56. The van der Waals surface area contributed by atoms with Crippen LogP contribution >= 0.6 is 35.3 Å². The quantitative estimate of drug-likeness (QED) is 0.230. The van der Waals surface area contributed by atoms with Gasteiger partial charge in [0.2, 0.25) is 0 Å². The largest absolute Gasteiger partial charge is 0.459 e. The van der Waals surface area contributed by atoms with Crippen LogP contribution in [0, 0.1) is 0 Å². The van der Waals surface area contributed by atoms with E-state index < -0.39 is 0 Å². The van der Waals surface area contributed by atoms with E-state index in [1.165, 1.54) is 11.1 Å². The Morgan fingerprint density at radius 2 is 1.93 bits per heavy atom. The number of aliphatic imine (C=N–C) groups is 1. The lowest BCUT2D eigenvalue weighted by atomic mass is 10.2. The van der Waals surface area contributed by atoms with Crippen LogP contribution in [-0.4, -0.2) is 25.0 Å². The van der Waals surface area contributed by atoms with E-state index in [1.807, 2.05) is 31.2 Å². The zero-order valence-corrected chi connectivity index (χ0v) is 19.3. The normalized spacial score (nSPS) is 10.9. The number of guanidine groups is 1. The number of anilines is 1. The Morgan fingerprint density at radius 1 is 1.10 bits per heavy atom. The number of nitrogens with one attached hydrogen (secondary N) is 3. The van der Waals surface area contributed by atoms with Crippen LogP contribution in [0.25, 0.3) is 0 Å². The van der Waals surface area contributed by atoms with Gasteiger partial charge in [-0.2, -0.15) is 0 Å². The Balaban J connectivity index is 0.00000300. The summed E-state index contributed by atoms with van der Waals surface area (Å²) in [5, 5.41) is 11.5. The zero-order chi connectivity index (χ0) is 19.6. The summed E-state index contributed by atoms with van der Waals surface area (Å²) in [6.07, 6.45) is 2.46. The van der Waals surface area contributed by atoms with Crippen LogP contribution in [0.15, 0.2) is 69.6 Å². The fourth-order valence-corrected chi connectivity index (χ4v) is 3.27. The molecule has 0 unspecified atom stereocenters. The molecule has 6 nitrogen and oxygen atoms in total. The lowest BCUT2D eigenvalue weighted by Gasteiger charge is -2.11. The van der Waals surface area contributed by atoms with E-state index in [-0.39, 0.29) is 35.6 Å². The van der Waals surface area contributed by atoms with Crippen molar-refractivity contribution in [2.45, 2.75) is 19.9 Å². The summed E-state index contributed by atoms with van der Waals surface area (Å²) in [6, 6.07) is 15.2. The summed E-state index contributed by atoms with van der Waals surface area (Å²) < 4.78 is 5.09. The molecule has 3 rings (SSSR count). The molecular weight excluding hydrogens is 499 g/mol. The predicted molar refractivity (Wildman–Crippen MR) is 129 cm³/mol.